The van der Waals surface area contributed by atoms with E-state index in [1.807, 2.05) is 17.7 Å². The molecular formula is C16H26N4O. The van der Waals surface area contributed by atoms with E-state index >= 15 is 0 Å². The van der Waals surface area contributed by atoms with Crippen LogP contribution in [0.15, 0.2) is 6.07 Å². The summed E-state index contributed by atoms with van der Waals surface area (Å²) in [5.74, 6) is 0. The van der Waals surface area contributed by atoms with Gasteiger partial charge in [0.15, 0.2) is 0 Å². The summed E-state index contributed by atoms with van der Waals surface area (Å²) in [6, 6.07) is 4.55. The standard InChI is InChI=1S/C16H26N4O/c1-4-15(12-21)20-7-5-19(6-8-20)11-14-9-16(10-17)18(3)13(14)2/h9,15,21H,4-8,11-12H2,1-3H3. The van der Waals surface area contributed by atoms with Crippen molar-refractivity contribution in [1.29, 1.82) is 5.26 Å². The maximum atomic E-state index is 9.39. The van der Waals surface area contributed by atoms with Crippen molar-refractivity contribution in [3.05, 3.63) is 23.0 Å². The van der Waals surface area contributed by atoms with Crippen molar-refractivity contribution >= 4 is 0 Å². The van der Waals surface area contributed by atoms with Gasteiger partial charge in [-0.2, -0.15) is 5.26 Å². The van der Waals surface area contributed by atoms with E-state index in [1.54, 1.807) is 0 Å². The molecule has 0 aliphatic carbocycles. The van der Waals surface area contributed by atoms with Crippen LogP contribution in [0.3, 0.4) is 0 Å². The first kappa shape index (κ1) is 16.0. The second-order valence-electron chi connectivity index (χ2n) is 5.87. The Labute approximate surface area is 127 Å². The largest absolute Gasteiger partial charge is 0.395 e. The van der Waals surface area contributed by atoms with E-state index in [2.05, 4.69) is 29.7 Å². The third-order valence-electron chi connectivity index (χ3n) is 4.75. The van der Waals surface area contributed by atoms with Crippen molar-refractivity contribution in [2.45, 2.75) is 32.9 Å². The number of nitriles is 1. The fourth-order valence-corrected chi connectivity index (χ4v) is 3.06. The van der Waals surface area contributed by atoms with Gasteiger partial charge in [0.1, 0.15) is 11.8 Å². The highest BCUT2D eigenvalue weighted by molar-refractivity contribution is 5.34. The summed E-state index contributed by atoms with van der Waals surface area (Å²) in [6.45, 7) is 9.42. The Bertz CT molecular complexity index is 505. The van der Waals surface area contributed by atoms with Gasteiger partial charge in [-0.3, -0.25) is 9.80 Å². The zero-order chi connectivity index (χ0) is 15.4. The summed E-state index contributed by atoms with van der Waals surface area (Å²) in [4.78, 5) is 4.82. The highest BCUT2D eigenvalue weighted by Gasteiger charge is 2.23. The molecule has 1 aliphatic heterocycles. The van der Waals surface area contributed by atoms with Crippen molar-refractivity contribution in [2.24, 2.45) is 7.05 Å². The highest BCUT2D eigenvalue weighted by atomic mass is 16.3. The van der Waals surface area contributed by atoms with Crippen LogP contribution in [0.25, 0.3) is 0 Å². The fraction of sp³-hybridized carbons (Fsp3) is 0.688. The van der Waals surface area contributed by atoms with Gasteiger partial charge in [0.05, 0.1) is 6.61 Å². The van der Waals surface area contributed by atoms with Crippen molar-refractivity contribution in [3.8, 4) is 6.07 Å². The molecule has 1 unspecified atom stereocenters. The second-order valence-corrected chi connectivity index (χ2v) is 5.87. The first-order valence-corrected chi connectivity index (χ1v) is 7.73. The van der Waals surface area contributed by atoms with Crippen LogP contribution in [-0.2, 0) is 13.6 Å². The van der Waals surface area contributed by atoms with E-state index < -0.39 is 0 Å². The lowest BCUT2D eigenvalue weighted by molar-refractivity contribution is 0.0607. The van der Waals surface area contributed by atoms with Crippen LogP contribution in [0.4, 0.5) is 0 Å². The third kappa shape index (κ3) is 3.46. The van der Waals surface area contributed by atoms with Gasteiger partial charge < -0.3 is 9.67 Å². The van der Waals surface area contributed by atoms with E-state index in [9.17, 15) is 5.11 Å². The van der Waals surface area contributed by atoms with Gasteiger partial charge in [-0.05, 0) is 25.0 Å². The van der Waals surface area contributed by atoms with Gasteiger partial charge in [-0.25, -0.2) is 0 Å². The Hall–Kier alpha value is -1.35. The van der Waals surface area contributed by atoms with Crippen LogP contribution < -0.4 is 0 Å². The van der Waals surface area contributed by atoms with Crippen molar-refractivity contribution in [1.82, 2.24) is 14.4 Å². The molecule has 5 nitrogen and oxygen atoms in total. The summed E-state index contributed by atoms with van der Waals surface area (Å²) < 4.78 is 1.96. The first-order valence-electron chi connectivity index (χ1n) is 7.73. The highest BCUT2D eigenvalue weighted by Crippen LogP contribution is 2.17. The number of hydrogen-bond donors (Lipinski definition) is 1. The third-order valence-corrected chi connectivity index (χ3v) is 4.75. The lowest BCUT2D eigenvalue weighted by Crippen LogP contribution is -2.50. The monoisotopic (exact) mass is 290 g/mol. The lowest BCUT2D eigenvalue weighted by atomic mass is 10.1. The maximum Gasteiger partial charge on any atom is 0.120 e. The molecule has 1 fully saturated rings. The zero-order valence-corrected chi connectivity index (χ0v) is 13.3. The molecule has 0 amide bonds. The van der Waals surface area contributed by atoms with Gasteiger partial charge in [0.25, 0.3) is 0 Å². The number of aliphatic hydroxyl groups is 1. The quantitative estimate of drug-likeness (QED) is 0.882. The van der Waals surface area contributed by atoms with Crippen LogP contribution in [-0.4, -0.2) is 58.3 Å². The molecular weight excluding hydrogens is 264 g/mol. The number of nitrogens with zero attached hydrogens (tertiary/aromatic N) is 4. The molecule has 2 rings (SSSR count). The molecule has 1 atom stereocenters. The second kappa shape index (κ2) is 7.08. The normalized spacial score (nSPS) is 18.6. The lowest BCUT2D eigenvalue weighted by Gasteiger charge is -2.38. The zero-order valence-electron chi connectivity index (χ0n) is 13.3. The minimum atomic E-state index is 0.250. The number of rotatable bonds is 5. The molecule has 0 saturated carbocycles. The molecule has 0 aromatic carbocycles. The molecule has 0 bridgehead atoms. The SMILES string of the molecule is CCC(CO)N1CCN(Cc2cc(C#N)n(C)c2C)CC1. The molecule has 5 heteroatoms. The fourth-order valence-electron chi connectivity index (χ4n) is 3.06. The van der Waals surface area contributed by atoms with Crippen LogP contribution in [0.5, 0.6) is 0 Å². The minimum absolute atomic E-state index is 0.250. The topological polar surface area (TPSA) is 55.4 Å². The number of aromatic nitrogens is 1. The van der Waals surface area contributed by atoms with Crippen molar-refractivity contribution < 1.29 is 5.11 Å². The van der Waals surface area contributed by atoms with E-state index in [1.165, 1.54) is 11.3 Å². The molecule has 1 aromatic rings. The van der Waals surface area contributed by atoms with E-state index in [4.69, 9.17) is 5.26 Å². The van der Waals surface area contributed by atoms with Crippen LogP contribution in [0, 0.1) is 18.3 Å². The van der Waals surface area contributed by atoms with Crippen molar-refractivity contribution in [3.63, 3.8) is 0 Å². The molecule has 0 spiro atoms. The Morgan fingerprint density at radius 2 is 2.00 bits per heavy atom. The van der Waals surface area contributed by atoms with Gasteiger partial charge >= 0.3 is 0 Å². The summed E-state index contributed by atoms with van der Waals surface area (Å²) >= 11 is 0. The van der Waals surface area contributed by atoms with Crippen molar-refractivity contribution in [2.75, 3.05) is 32.8 Å². The van der Waals surface area contributed by atoms with Gasteiger partial charge in [-0.15, -0.1) is 0 Å². The van der Waals surface area contributed by atoms with Crippen LogP contribution in [0.1, 0.15) is 30.3 Å². The van der Waals surface area contributed by atoms with Gasteiger partial charge in [-0.1, -0.05) is 6.92 Å². The van der Waals surface area contributed by atoms with Crippen LogP contribution >= 0.6 is 0 Å². The Balaban J connectivity index is 1.94. The molecule has 1 saturated heterocycles. The number of aliphatic hydroxyl groups excluding tert-OH is 1. The minimum Gasteiger partial charge on any atom is -0.395 e. The van der Waals surface area contributed by atoms with Crippen LogP contribution in [0.2, 0.25) is 0 Å². The van der Waals surface area contributed by atoms with E-state index in [0.717, 1.165) is 44.8 Å². The average molecular weight is 290 g/mol. The predicted molar refractivity (Wildman–Crippen MR) is 82.9 cm³/mol. The summed E-state index contributed by atoms with van der Waals surface area (Å²) in [6.07, 6.45) is 1.000. The Kier molecular flexibility index (Phi) is 5.40. The maximum absolute atomic E-state index is 9.39. The summed E-state index contributed by atoms with van der Waals surface area (Å²) in [5.41, 5.74) is 3.15. The van der Waals surface area contributed by atoms with Gasteiger partial charge in [0, 0.05) is 51.5 Å². The van der Waals surface area contributed by atoms with E-state index in [-0.39, 0.29) is 6.61 Å². The molecule has 1 N–H and O–H groups in total. The molecule has 21 heavy (non-hydrogen) atoms. The van der Waals surface area contributed by atoms with Gasteiger partial charge in [0.2, 0.25) is 0 Å². The predicted octanol–water partition coefficient (Wildman–Crippen LogP) is 1.09. The number of hydrogen-bond acceptors (Lipinski definition) is 4. The average Bonchev–Trinajstić information content (AvgIpc) is 2.78. The Morgan fingerprint density at radius 1 is 1.33 bits per heavy atom. The summed E-state index contributed by atoms with van der Waals surface area (Å²) in [7, 11) is 1.95. The first-order chi connectivity index (χ1) is 10.1. The Morgan fingerprint density at radius 3 is 2.48 bits per heavy atom. The molecule has 1 aliphatic rings. The molecule has 116 valence electrons. The molecule has 2 heterocycles. The molecule has 0 radical (unpaired) electrons. The smallest absolute Gasteiger partial charge is 0.120 e. The van der Waals surface area contributed by atoms with E-state index in [0.29, 0.717) is 6.04 Å². The summed E-state index contributed by atoms with van der Waals surface area (Å²) in [5, 5.41) is 18.5. The molecule has 1 aromatic heterocycles. The number of piperazine rings is 1.